The molecule has 1 aromatic carbocycles. The Morgan fingerprint density at radius 1 is 1.38 bits per heavy atom. The van der Waals surface area contributed by atoms with E-state index in [1.54, 1.807) is 18.2 Å². The van der Waals surface area contributed by atoms with Crippen LogP contribution in [0.2, 0.25) is 5.02 Å². The van der Waals surface area contributed by atoms with Crippen LogP contribution in [0.1, 0.15) is 38.2 Å². The molecule has 2 atom stereocenters. The van der Waals surface area contributed by atoms with Crippen LogP contribution in [0.3, 0.4) is 0 Å². The highest BCUT2D eigenvalue weighted by Crippen LogP contribution is 2.34. The summed E-state index contributed by atoms with van der Waals surface area (Å²) in [7, 11) is 2.89. The molecule has 0 heterocycles. The molecular weight excluding hydrogens is 330 g/mol. The van der Waals surface area contributed by atoms with Crippen molar-refractivity contribution in [2.24, 2.45) is 5.92 Å². The highest BCUT2D eigenvalue weighted by Gasteiger charge is 2.44. The van der Waals surface area contributed by atoms with Crippen molar-refractivity contribution >= 4 is 23.5 Å². The number of methoxy groups -OCH3 is 2. The monoisotopic (exact) mass is 353 g/mol. The summed E-state index contributed by atoms with van der Waals surface area (Å²) < 4.78 is 10.2. The molecule has 1 amide bonds. The minimum absolute atomic E-state index is 0.0516. The number of ether oxygens (including phenoxy) is 2. The van der Waals surface area contributed by atoms with Crippen LogP contribution < -0.4 is 10.1 Å². The molecule has 24 heavy (non-hydrogen) atoms. The van der Waals surface area contributed by atoms with Crippen LogP contribution in [0, 0.1) is 5.92 Å². The maximum Gasteiger partial charge on any atom is 0.331 e. The van der Waals surface area contributed by atoms with Gasteiger partial charge >= 0.3 is 5.97 Å². The van der Waals surface area contributed by atoms with Crippen molar-refractivity contribution in [1.82, 2.24) is 5.32 Å². The number of nitrogens with one attached hydrogen (secondary N) is 1. The Morgan fingerprint density at radius 2 is 2.12 bits per heavy atom. The first kappa shape index (κ1) is 18.6. The van der Waals surface area contributed by atoms with Gasteiger partial charge in [0, 0.05) is 10.6 Å². The highest BCUT2D eigenvalue weighted by atomic mass is 35.5. The summed E-state index contributed by atoms with van der Waals surface area (Å²) in [6, 6.07) is 5.24. The molecule has 0 aromatic heterocycles. The fourth-order valence-corrected chi connectivity index (χ4v) is 3.70. The molecule has 0 saturated heterocycles. The summed E-state index contributed by atoms with van der Waals surface area (Å²) in [6.07, 6.45) is 3.16. The second kappa shape index (κ2) is 7.88. The van der Waals surface area contributed by atoms with Gasteiger partial charge in [0.25, 0.3) is 0 Å². The number of amides is 1. The van der Waals surface area contributed by atoms with E-state index in [2.05, 4.69) is 12.2 Å². The van der Waals surface area contributed by atoms with Gasteiger partial charge in [-0.05, 0) is 30.9 Å². The van der Waals surface area contributed by atoms with Crippen LogP contribution in [0.15, 0.2) is 18.2 Å². The summed E-state index contributed by atoms with van der Waals surface area (Å²) in [5.74, 6) is 0.268. The Balaban J connectivity index is 2.19. The fraction of sp³-hybridized carbons (Fsp3) is 0.556. The highest BCUT2D eigenvalue weighted by molar-refractivity contribution is 6.31. The first-order valence-corrected chi connectivity index (χ1v) is 8.50. The largest absolute Gasteiger partial charge is 0.496 e. The van der Waals surface area contributed by atoms with Crippen molar-refractivity contribution in [3.63, 3.8) is 0 Å². The van der Waals surface area contributed by atoms with Crippen LogP contribution in [-0.4, -0.2) is 31.6 Å². The molecule has 0 spiro atoms. The topological polar surface area (TPSA) is 64.6 Å². The lowest BCUT2D eigenvalue weighted by molar-refractivity contribution is -0.153. The molecule has 2 rings (SSSR count). The second-order valence-electron chi connectivity index (χ2n) is 6.42. The van der Waals surface area contributed by atoms with E-state index in [0.717, 1.165) is 12.8 Å². The average Bonchev–Trinajstić information content (AvgIpc) is 2.55. The van der Waals surface area contributed by atoms with Gasteiger partial charge in [-0.15, -0.1) is 0 Å². The van der Waals surface area contributed by atoms with E-state index in [0.29, 0.717) is 35.1 Å². The van der Waals surface area contributed by atoms with Crippen LogP contribution in [-0.2, 0) is 20.7 Å². The SMILES string of the molecule is COC(=O)C1(NC(=O)Cc2c(Cl)cccc2OC)CCCC(C)C1. The van der Waals surface area contributed by atoms with Gasteiger partial charge in [-0.1, -0.05) is 37.4 Å². The lowest BCUT2D eigenvalue weighted by Gasteiger charge is -2.38. The Bertz CT molecular complexity index is 619. The van der Waals surface area contributed by atoms with Gasteiger partial charge < -0.3 is 14.8 Å². The Hall–Kier alpha value is -1.75. The summed E-state index contributed by atoms with van der Waals surface area (Å²) in [5.41, 5.74) is -0.333. The third-order valence-corrected chi connectivity index (χ3v) is 4.94. The molecule has 5 nitrogen and oxygen atoms in total. The first-order valence-electron chi connectivity index (χ1n) is 8.12. The van der Waals surface area contributed by atoms with E-state index in [4.69, 9.17) is 21.1 Å². The standard InChI is InChI=1S/C18H24ClNO4/c1-12-6-5-9-18(11-12,17(22)24-3)20-16(21)10-13-14(19)7-4-8-15(13)23-2/h4,7-8,12H,5-6,9-11H2,1-3H3,(H,20,21). The van der Waals surface area contributed by atoms with Gasteiger partial charge in [-0.3, -0.25) is 4.79 Å². The lowest BCUT2D eigenvalue weighted by atomic mass is 9.76. The molecule has 1 aliphatic rings. The number of esters is 1. The zero-order valence-corrected chi connectivity index (χ0v) is 15.1. The second-order valence-corrected chi connectivity index (χ2v) is 6.83. The number of halogens is 1. The number of benzene rings is 1. The predicted molar refractivity (Wildman–Crippen MR) is 92.2 cm³/mol. The number of hydrogen-bond donors (Lipinski definition) is 1. The maximum atomic E-state index is 12.6. The Labute approximate surface area is 147 Å². The van der Waals surface area contributed by atoms with Crippen LogP contribution in [0.5, 0.6) is 5.75 Å². The summed E-state index contributed by atoms with van der Waals surface area (Å²) in [6.45, 7) is 2.08. The van der Waals surface area contributed by atoms with Crippen molar-refractivity contribution in [3.8, 4) is 5.75 Å². The molecule has 6 heteroatoms. The Kier molecular flexibility index (Phi) is 6.10. The quantitative estimate of drug-likeness (QED) is 0.826. The van der Waals surface area contributed by atoms with Crippen molar-refractivity contribution in [2.45, 2.75) is 44.6 Å². The molecule has 2 unspecified atom stereocenters. The van der Waals surface area contributed by atoms with Gasteiger partial charge in [0.05, 0.1) is 20.6 Å². The van der Waals surface area contributed by atoms with E-state index in [-0.39, 0.29) is 18.3 Å². The van der Waals surface area contributed by atoms with Crippen molar-refractivity contribution in [2.75, 3.05) is 14.2 Å². The van der Waals surface area contributed by atoms with Crippen molar-refractivity contribution < 1.29 is 19.1 Å². The molecule has 0 radical (unpaired) electrons. The first-order chi connectivity index (χ1) is 11.4. The van der Waals surface area contributed by atoms with E-state index in [1.165, 1.54) is 14.2 Å². The zero-order valence-electron chi connectivity index (χ0n) is 14.4. The molecule has 1 fully saturated rings. The third kappa shape index (κ3) is 4.01. The number of carbonyl (C=O) groups is 2. The third-order valence-electron chi connectivity index (χ3n) is 4.59. The number of hydrogen-bond acceptors (Lipinski definition) is 4. The van der Waals surface area contributed by atoms with Crippen molar-refractivity contribution in [3.05, 3.63) is 28.8 Å². The minimum atomic E-state index is -0.946. The minimum Gasteiger partial charge on any atom is -0.496 e. The molecule has 1 aromatic rings. The predicted octanol–water partition coefficient (Wildman–Crippen LogP) is 3.13. The van der Waals surface area contributed by atoms with Gasteiger partial charge in [0.15, 0.2) is 0 Å². The summed E-state index contributed by atoms with van der Waals surface area (Å²) in [5, 5.41) is 3.38. The molecule has 1 N–H and O–H groups in total. The maximum absolute atomic E-state index is 12.6. The van der Waals surface area contributed by atoms with Gasteiger partial charge in [-0.25, -0.2) is 4.79 Å². The molecule has 1 aliphatic carbocycles. The number of rotatable bonds is 5. The van der Waals surface area contributed by atoms with Gasteiger partial charge in [-0.2, -0.15) is 0 Å². The van der Waals surface area contributed by atoms with Crippen LogP contribution in [0.25, 0.3) is 0 Å². The van der Waals surface area contributed by atoms with E-state index in [1.807, 2.05) is 0 Å². The molecule has 0 bridgehead atoms. The molecule has 132 valence electrons. The molecule has 1 saturated carbocycles. The molecular formula is C18H24ClNO4. The van der Waals surface area contributed by atoms with E-state index >= 15 is 0 Å². The normalized spacial score (nSPS) is 23.4. The van der Waals surface area contributed by atoms with Crippen molar-refractivity contribution in [1.29, 1.82) is 0 Å². The zero-order chi connectivity index (χ0) is 17.7. The Morgan fingerprint density at radius 3 is 2.75 bits per heavy atom. The van der Waals surface area contributed by atoms with Gasteiger partial charge in [0.1, 0.15) is 11.3 Å². The van der Waals surface area contributed by atoms with Crippen LogP contribution in [0.4, 0.5) is 0 Å². The lowest BCUT2D eigenvalue weighted by Crippen LogP contribution is -2.57. The molecule has 0 aliphatic heterocycles. The van der Waals surface area contributed by atoms with Gasteiger partial charge in [0.2, 0.25) is 5.91 Å². The van der Waals surface area contributed by atoms with E-state index < -0.39 is 5.54 Å². The van der Waals surface area contributed by atoms with E-state index in [9.17, 15) is 9.59 Å². The summed E-state index contributed by atoms with van der Waals surface area (Å²) >= 11 is 6.19. The fourth-order valence-electron chi connectivity index (χ4n) is 3.47. The number of carbonyl (C=O) groups excluding carboxylic acids is 2. The summed E-state index contributed by atoms with van der Waals surface area (Å²) in [4.78, 5) is 24.9. The average molecular weight is 354 g/mol. The van der Waals surface area contributed by atoms with Crippen LogP contribution >= 0.6 is 11.6 Å². The smallest absolute Gasteiger partial charge is 0.331 e.